The summed E-state index contributed by atoms with van der Waals surface area (Å²) in [5, 5.41) is 17.2. The summed E-state index contributed by atoms with van der Waals surface area (Å²) in [6.45, 7) is 7.63. The number of aliphatic hydroxyl groups is 1. The van der Waals surface area contributed by atoms with Gasteiger partial charge in [-0.25, -0.2) is 0 Å². The van der Waals surface area contributed by atoms with Gasteiger partial charge in [0.05, 0.1) is 12.3 Å². The van der Waals surface area contributed by atoms with Gasteiger partial charge in [0.15, 0.2) is 0 Å². The monoisotopic (exact) mass is 225 g/mol. The highest BCUT2D eigenvalue weighted by Gasteiger charge is 2.11. The van der Waals surface area contributed by atoms with Crippen molar-refractivity contribution in [3.8, 4) is 0 Å². The lowest BCUT2D eigenvalue weighted by Gasteiger charge is -2.17. The molecule has 2 N–H and O–H groups in total. The van der Waals surface area contributed by atoms with Crippen LogP contribution in [-0.2, 0) is 13.6 Å². The Labute approximate surface area is 97.7 Å². The molecule has 0 aliphatic heterocycles. The first-order chi connectivity index (χ1) is 7.56. The van der Waals surface area contributed by atoms with E-state index in [0.717, 1.165) is 13.0 Å². The lowest BCUT2D eigenvalue weighted by molar-refractivity contribution is 0.113. The van der Waals surface area contributed by atoms with Crippen molar-refractivity contribution in [2.45, 2.75) is 39.8 Å². The number of hydrogen-bond donors (Lipinski definition) is 2. The maximum Gasteiger partial charge on any atom is 0.0690 e. The number of nitrogens with one attached hydrogen (secondary N) is 1. The van der Waals surface area contributed by atoms with Crippen LogP contribution in [-0.4, -0.2) is 27.5 Å². The van der Waals surface area contributed by atoms with Crippen molar-refractivity contribution < 1.29 is 5.11 Å². The maximum atomic E-state index is 9.79. The van der Waals surface area contributed by atoms with Gasteiger partial charge in [-0.05, 0) is 12.8 Å². The Morgan fingerprint density at radius 1 is 1.56 bits per heavy atom. The van der Waals surface area contributed by atoms with Crippen LogP contribution < -0.4 is 5.32 Å². The van der Waals surface area contributed by atoms with E-state index in [9.17, 15) is 5.11 Å². The number of rotatable bonds is 6. The van der Waals surface area contributed by atoms with Crippen LogP contribution in [0.15, 0.2) is 6.20 Å². The summed E-state index contributed by atoms with van der Waals surface area (Å²) in [5.41, 5.74) is 2.37. The van der Waals surface area contributed by atoms with Crippen molar-refractivity contribution in [1.29, 1.82) is 0 Å². The molecule has 0 aromatic carbocycles. The summed E-state index contributed by atoms with van der Waals surface area (Å²) >= 11 is 0. The molecule has 0 aliphatic carbocycles. The van der Waals surface area contributed by atoms with Crippen molar-refractivity contribution in [3.63, 3.8) is 0 Å². The van der Waals surface area contributed by atoms with E-state index in [-0.39, 0.29) is 6.10 Å². The third kappa shape index (κ3) is 3.32. The molecule has 0 fully saturated rings. The molecule has 1 heterocycles. The van der Waals surface area contributed by atoms with Crippen LogP contribution in [0.4, 0.5) is 0 Å². The number of aryl methyl sites for hydroxylation is 1. The first kappa shape index (κ1) is 13.2. The predicted octanol–water partition coefficient (Wildman–Crippen LogP) is 1.23. The Morgan fingerprint density at radius 2 is 2.25 bits per heavy atom. The Morgan fingerprint density at radius 3 is 2.75 bits per heavy atom. The van der Waals surface area contributed by atoms with E-state index in [1.807, 2.05) is 17.9 Å². The van der Waals surface area contributed by atoms with Crippen molar-refractivity contribution in [1.82, 2.24) is 15.1 Å². The zero-order valence-corrected chi connectivity index (χ0v) is 10.7. The van der Waals surface area contributed by atoms with Gasteiger partial charge in [0.25, 0.3) is 0 Å². The van der Waals surface area contributed by atoms with Gasteiger partial charge < -0.3 is 10.4 Å². The molecule has 2 atom stereocenters. The van der Waals surface area contributed by atoms with E-state index < -0.39 is 0 Å². The second-order valence-corrected chi connectivity index (χ2v) is 4.46. The summed E-state index contributed by atoms with van der Waals surface area (Å²) in [6, 6.07) is 0. The molecular weight excluding hydrogens is 202 g/mol. The summed E-state index contributed by atoms with van der Waals surface area (Å²) in [5.74, 6) is 0.350. The van der Waals surface area contributed by atoms with Crippen molar-refractivity contribution in [3.05, 3.63) is 17.5 Å². The van der Waals surface area contributed by atoms with Crippen molar-refractivity contribution in [2.75, 3.05) is 6.54 Å². The van der Waals surface area contributed by atoms with Crippen molar-refractivity contribution in [2.24, 2.45) is 13.0 Å². The second kappa shape index (κ2) is 6.01. The highest BCUT2D eigenvalue weighted by molar-refractivity contribution is 5.15. The van der Waals surface area contributed by atoms with E-state index in [2.05, 4.69) is 31.2 Å². The fourth-order valence-electron chi connectivity index (χ4n) is 1.55. The van der Waals surface area contributed by atoms with E-state index >= 15 is 0 Å². The lowest BCUT2D eigenvalue weighted by atomic mass is 10.0. The van der Waals surface area contributed by atoms with Crippen LogP contribution in [0.5, 0.6) is 0 Å². The predicted molar refractivity (Wildman–Crippen MR) is 65.1 cm³/mol. The number of nitrogens with zero attached hydrogens (tertiary/aromatic N) is 2. The van der Waals surface area contributed by atoms with Gasteiger partial charge in [-0.15, -0.1) is 0 Å². The number of hydrogen-bond acceptors (Lipinski definition) is 3. The molecule has 0 saturated carbocycles. The van der Waals surface area contributed by atoms with Crippen LogP contribution in [0.2, 0.25) is 0 Å². The summed E-state index contributed by atoms with van der Waals surface area (Å²) in [6.07, 6.45) is 2.62. The highest BCUT2D eigenvalue weighted by Crippen LogP contribution is 2.08. The van der Waals surface area contributed by atoms with Gasteiger partial charge in [0.2, 0.25) is 0 Å². The topological polar surface area (TPSA) is 50.1 Å². The van der Waals surface area contributed by atoms with E-state index in [1.165, 1.54) is 11.3 Å². The molecule has 16 heavy (non-hydrogen) atoms. The molecule has 0 spiro atoms. The molecule has 1 aromatic rings. The Hall–Kier alpha value is -0.870. The summed E-state index contributed by atoms with van der Waals surface area (Å²) < 4.78 is 1.86. The van der Waals surface area contributed by atoms with Crippen molar-refractivity contribution >= 4 is 0 Å². The SMILES string of the molecule is CCC(C)C(O)CNCc1cnn(C)c1C. The largest absolute Gasteiger partial charge is 0.392 e. The van der Waals surface area contributed by atoms with Gasteiger partial charge in [0.1, 0.15) is 0 Å². The molecule has 1 aromatic heterocycles. The summed E-state index contributed by atoms with van der Waals surface area (Å²) in [7, 11) is 1.94. The van der Waals surface area contributed by atoms with Gasteiger partial charge in [-0.2, -0.15) is 5.10 Å². The maximum absolute atomic E-state index is 9.79. The Balaban J connectivity index is 2.33. The quantitative estimate of drug-likeness (QED) is 0.765. The third-order valence-corrected chi connectivity index (χ3v) is 3.31. The minimum atomic E-state index is -0.262. The van der Waals surface area contributed by atoms with Gasteiger partial charge in [-0.1, -0.05) is 20.3 Å². The second-order valence-electron chi connectivity index (χ2n) is 4.46. The van der Waals surface area contributed by atoms with Crippen LogP contribution in [0.25, 0.3) is 0 Å². The molecule has 0 aliphatic rings. The molecule has 4 heteroatoms. The first-order valence-electron chi connectivity index (χ1n) is 5.92. The van der Waals surface area contributed by atoms with E-state index in [1.54, 1.807) is 0 Å². The molecule has 2 unspecified atom stereocenters. The van der Waals surface area contributed by atoms with Gasteiger partial charge in [0, 0.05) is 31.4 Å². The number of aromatic nitrogens is 2. The Bertz CT molecular complexity index is 322. The average molecular weight is 225 g/mol. The summed E-state index contributed by atoms with van der Waals surface area (Å²) in [4.78, 5) is 0. The van der Waals surface area contributed by atoms with Crippen LogP contribution in [0, 0.1) is 12.8 Å². The average Bonchev–Trinajstić information content (AvgIpc) is 2.59. The normalized spacial score (nSPS) is 15.1. The zero-order chi connectivity index (χ0) is 12.1. The van der Waals surface area contributed by atoms with E-state index in [0.29, 0.717) is 12.5 Å². The van der Waals surface area contributed by atoms with Crippen LogP contribution >= 0.6 is 0 Å². The zero-order valence-electron chi connectivity index (χ0n) is 10.7. The minimum Gasteiger partial charge on any atom is -0.392 e. The van der Waals surface area contributed by atoms with Crippen LogP contribution in [0.1, 0.15) is 31.5 Å². The smallest absolute Gasteiger partial charge is 0.0690 e. The molecule has 0 saturated heterocycles. The number of aliphatic hydroxyl groups excluding tert-OH is 1. The molecule has 0 bridgehead atoms. The minimum absolute atomic E-state index is 0.262. The fourth-order valence-corrected chi connectivity index (χ4v) is 1.55. The van der Waals surface area contributed by atoms with E-state index in [4.69, 9.17) is 0 Å². The molecule has 1 rings (SSSR count). The molecule has 0 radical (unpaired) electrons. The highest BCUT2D eigenvalue weighted by atomic mass is 16.3. The lowest BCUT2D eigenvalue weighted by Crippen LogP contribution is -2.31. The van der Waals surface area contributed by atoms with Gasteiger partial charge >= 0.3 is 0 Å². The van der Waals surface area contributed by atoms with Gasteiger partial charge in [-0.3, -0.25) is 4.68 Å². The Kier molecular flexibility index (Phi) is 4.96. The molecule has 0 amide bonds. The standard InChI is InChI=1S/C12H23N3O/c1-5-9(2)12(16)8-13-6-11-7-14-15(4)10(11)3/h7,9,12-13,16H,5-6,8H2,1-4H3. The molecular formula is C12H23N3O. The fraction of sp³-hybridized carbons (Fsp3) is 0.750. The third-order valence-electron chi connectivity index (χ3n) is 3.31. The van der Waals surface area contributed by atoms with Crippen LogP contribution in [0.3, 0.4) is 0 Å². The molecule has 92 valence electrons. The molecule has 4 nitrogen and oxygen atoms in total. The first-order valence-corrected chi connectivity index (χ1v) is 5.92.